The van der Waals surface area contributed by atoms with Gasteiger partial charge in [0.05, 0.1) is 11.3 Å². The summed E-state index contributed by atoms with van der Waals surface area (Å²) in [6, 6.07) is 6.76. The normalized spacial score (nSPS) is 11.8. The lowest BCUT2D eigenvalue weighted by atomic mass is 9.98. The number of halogens is 1. The molecule has 0 saturated carbocycles. The minimum Gasteiger partial charge on any atom is -0.484 e. The Hall–Kier alpha value is -3.54. The first kappa shape index (κ1) is 23.7. The Labute approximate surface area is 182 Å². The number of nitrogens with one attached hydrogen (secondary N) is 1. The van der Waals surface area contributed by atoms with E-state index in [4.69, 9.17) is 4.74 Å². The predicted octanol–water partition coefficient (Wildman–Crippen LogP) is 6.20. The highest BCUT2D eigenvalue weighted by molar-refractivity contribution is 6.16. The topological polar surface area (TPSA) is 67.3 Å². The maximum atomic E-state index is 15.2. The van der Waals surface area contributed by atoms with E-state index >= 15 is 4.39 Å². The lowest BCUT2D eigenvalue weighted by Gasteiger charge is -2.12. The summed E-state index contributed by atoms with van der Waals surface area (Å²) in [4.78, 5) is 24.7. The number of aromatic amines is 1. The molecule has 0 aliphatic rings. The van der Waals surface area contributed by atoms with Crippen molar-refractivity contribution in [3.8, 4) is 5.75 Å². The summed E-state index contributed by atoms with van der Waals surface area (Å²) >= 11 is 0. The zero-order chi connectivity index (χ0) is 23.0. The number of allylic oxidation sites excluding steroid dienone is 1. The molecule has 0 spiro atoms. The fourth-order valence-electron chi connectivity index (χ4n) is 2.98. The van der Waals surface area contributed by atoms with Crippen LogP contribution in [0.1, 0.15) is 48.7 Å². The SMILES string of the molecule is C/C=C(/COc1ccc(C)c(C(=O)c2c[nH]c3ncccc23)c1F)N=C(C)CC.C=C. The van der Waals surface area contributed by atoms with Gasteiger partial charge in [-0.3, -0.25) is 9.79 Å². The van der Waals surface area contributed by atoms with Crippen LogP contribution in [0.15, 0.2) is 66.6 Å². The van der Waals surface area contributed by atoms with Crippen LogP contribution in [0.2, 0.25) is 0 Å². The fourth-order valence-corrected chi connectivity index (χ4v) is 2.98. The third kappa shape index (κ3) is 5.34. The van der Waals surface area contributed by atoms with Crippen LogP contribution < -0.4 is 4.74 Å². The molecule has 0 atom stereocenters. The van der Waals surface area contributed by atoms with Gasteiger partial charge in [0.15, 0.2) is 17.3 Å². The first-order chi connectivity index (χ1) is 15.0. The number of aliphatic imine (C=N–C) groups is 1. The number of ether oxygens (including phenoxy) is 1. The van der Waals surface area contributed by atoms with Gasteiger partial charge >= 0.3 is 0 Å². The second-order valence-electron chi connectivity index (χ2n) is 6.77. The van der Waals surface area contributed by atoms with Gasteiger partial charge < -0.3 is 9.72 Å². The molecular weight excluding hydrogens is 393 g/mol. The number of pyridine rings is 1. The Kier molecular flexibility index (Phi) is 8.43. The van der Waals surface area contributed by atoms with Crippen molar-refractivity contribution in [2.75, 3.05) is 6.61 Å². The number of hydrogen-bond acceptors (Lipinski definition) is 4. The second-order valence-corrected chi connectivity index (χ2v) is 6.77. The highest BCUT2D eigenvalue weighted by atomic mass is 19.1. The van der Waals surface area contributed by atoms with Crippen molar-refractivity contribution in [3.63, 3.8) is 0 Å². The number of rotatable bonds is 7. The van der Waals surface area contributed by atoms with Crippen molar-refractivity contribution in [2.24, 2.45) is 4.99 Å². The summed E-state index contributed by atoms with van der Waals surface area (Å²) in [5.74, 6) is -1.05. The average molecular weight is 422 g/mol. The van der Waals surface area contributed by atoms with E-state index in [0.717, 1.165) is 12.1 Å². The predicted molar refractivity (Wildman–Crippen MR) is 125 cm³/mol. The van der Waals surface area contributed by atoms with Crippen molar-refractivity contribution < 1.29 is 13.9 Å². The molecule has 0 amide bonds. The first-order valence-corrected chi connectivity index (χ1v) is 10.0. The summed E-state index contributed by atoms with van der Waals surface area (Å²) in [5, 5.41) is 0.656. The molecule has 1 N–H and O–H groups in total. The maximum Gasteiger partial charge on any atom is 0.198 e. The highest BCUT2D eigenvalue weighted by Crippen LogP contribution is 2.28. The molecule has 6 heteroatoms. The van der Waals surface area contributed by atoms with Crippen LogP contribution in [0.4, 0.5) is 4.39 Å². The van der Waals surface area contributed by atoms with Gasteiger partial charge in [-0.2, -0.15) is 0 Å². The van der Waals surface area contributed by atoms with Gasteiger partial charge in [0.1, 0.15) is 12.3 Å². The smallest absolute Gasteiger partial charge is 0.198 e. The van der Waals surface area contributed by atoms with Crippen LogP contribution in [-0.2, 0) is 0 Å². The molecule has 0 radical (unpaired) electrons. The van der Waals surface area contributed by atoms with E-state index in [0.29, 0.717) is 27.9 Å². The lowest BCUT2D eigenvalue weighted by Crippen LogP contribution is -2.10. The number of ketones is 1. The molecule has 0 saturated heterocycles. The van der Waals surface area contributed by atoms with Crippen LogP contribution in [0.5, 0.6) is 5.75 Å². The molecule has 0 fully saturated rings. The highest BCUT2D eigenvalue weighted by Gasteiger charge is 2.23. The molecule has 1 aromatic carbocycles. The molecule has 0 bridgehead atoms. The largest absolute Gasteiger partial charge is 0.484 e. The van der Waals surface area contributed by atoms with E-state index < -0.39 is 11.6 Å². The Morgan fingerprint density at radius 2 is 2.06 bits per heavy atom. The van der Waals surface area contributed by atoms with Crippen molar-refractivity contribution in [1.29, 1.82) is 0 Å². The van der Waals surface area contributed by atoms with Crippen LogP contribution in [0.3, 0.4) is 0 Å². The number of H-pyrrole nitrogens is 1. The third-order valence-corrected chi connectivity index (χ3v) is 4.79. The van der Waals surface area contributed by atoms with Gasteiger partial charge in [0.25, 0.3) is 0 Å². The summed E-state index contributed by atoms with van der Waals surface area (Å²) in [6.07, 6.45) is 5.85. The zero-order valence-corrected chi connectivity index (χ0v) is 18.5. The second kappa shape index (κ2) is 11.0. The number of carbonyl (C=O) groups is 1. The molecule has 162 valence electrons. The number of carbonyl (C=O) groups excluding carboxylic acids is 1. The molecule has 31 heavy (non-hydrogen) atoms. The first-order valence-electron chi connectivity index (χ1n) is 10.0. The number of nitrogens with zero attached hydrogens (tertiary/aromatic N) is 2. The van der Waals surface area contributed by atoms with Crippen LogP contribution in [0, 0.1) is 12.7 Å². The quantitative estimate of drug-likeness (QED) is 0.281. The monoisotopic (exact) mass is 421 g/mol. The van der Waals surface area contributed by atoms with Crippen LogP contribution in [0.25, 0.3) is 11.0 Å². The molecule has 3 aromatic rings. The number of aryl methyl sites for hydroxylation is 1. The van der Waals surface area contributed by atoms with Gasteiger partial charge in [-0.25, -0.2) is 9.37 Å². The molecule has 0 unspecified atom stereocenters. The summed E-state index contributed by atoms with van der Waals surface area (Å²) in [6.45, 7) is 13.6. The van der Waals surface area contributed by atoms with Crippen LogP contribution >= 0.6 is 0 Å². The van der Waals surface area contributed by atoms with Gasteiger partial charge in [0, 0.05) is 29.1 Å². The Morgan fingerprint density at radius 3 is 2.74 bits per heavy atom. The number of benzene rings is 1. The molecule has 5 nitrogen and oxygen atoms in total. The molecule has 0 aliphatic heterocycles. The van der Waals surface area contributed by atoms with Crippen molar-refractivity contribution in [1.82, 2.24) is 9.97 Å². The molecule has 3 rings (SSSR count). The van der Waals surface area contributed by atoms with E-state index in [-0.39, 0.29) is 17.9 Å². The van der Waals surface area contributed by atoms with Crippen molar-refractivity contribution >= 4 is 22.5 Å². The molecule has 2 aromatic heterocycles. The maximum absolute atomic E-state index is 15.2. The van der Waals surface area contributed by atoms with Gasteiger partial charge in [-0.1, -0.05) is 19.1 Å². The summed E-state index contributed by atoms with van der Waals surface area (Å²) in [7, 11) is 0. The standard InChI is InChI=1S/C23H24FN3O2.C2H4/c1-5-15(4)27-16(6-2)13-29-19-10-9-14(3)20(21(19)24)22(28)18-12-26-23-17(18)8-7-11-25-23;1-2/h6-12H,5,13H2,1-4H3,(H,25,26);1-2H2/b16-6-,27-15?;. The Bertz CT molecular complexity index is 1130. The third-order valence-electron chi connectivity index (χ3n) is 4.79. The van der Waals surface area contributed by atoms with E-state index in [1.807, 2.05) is 26.8 Å². The van der Waals surface area contributed by atoms with E-state index in [9.17, 15) is 4.79 Å². The number of aromatic nitrogens is 2. The summed E-state index contributed by atoms with van der Waals surface area (Å²) in [5.41, 5.74) is 3.19. The Morgan fingerprint density at radius 1 is 1.32 bits per heavy atom. The fraction of sp³-hybridized carbons (Fsp3) is 0.240. The zero-order valence-electron chi connectivity index (χ0n) is 18.5. The minimum atomic E-state index is -0.667. The van der Waals surface area contributed by atoms with Crippen molar-refractivity contribution in [3.05, 3.63) is 84.1 Å². The number of hydrogen-bond donors (Lipinski definition) is 1. The number of fused-ring (bicyclic) bond motifs is 1. The van der Waals surface area contributed by atoms with Crippen molar-refractivity contribution in [2.45, 2.75) is 34.1 Å². The molecular formula is C25H28FN3O2. The van der Waals surface area contributed by atoms with E-state index in [1.54, 1.807) is 43.6 Å². The average Bonchev–Trinajstić information content (AvgIpc) is 3.23. The van der Waals surface area contributed by atoms with Gasteiger partial charge in [-0.15, -0.1) is 13.2 Å². The van der Waals surface area contributed by atoms with Gasteiger partial charge in [0.2, 0.25) is 0 Å². The molecule has 0 aliphatic carbocycles. The minimum absolute atomic E-state index is 0.00233. The van der Waals surface area contributed by atoms with Gasteiger partial charge in [-0.05, 0) is 51.0 Å². The van der Waals surface area contributed by atoms with Crippen LogP contribution in [-0.4, -0.2) is 28.1 Å². The summed E-state index contributed by atoms with van der Waals surface area (Å²) < 4.78 is 20.9. The van der Waals surface area contributed by atoms with E-state index in [2.05, 4.69) is 28.1 Å². The van der Waals surface area contributed by atoms with E-state index in [1.165, 1.54) is 0 Å². The Balaban J connectivity index is 0.00000166. The molecule has 2 heterocycles. The lowest BCUT2D eigenvalue weighted by molar-refractivity contribution is 0.103.